The zero-order valence-corrected chi connectivity index (χ0v) is 9.46. The largest absolute Gasteiger partial charge is 0.0806 e. The lowest BCUT2D eigenvalue weighted by molar-refractivity contribution is 0.705. The molecule has 2 heteroatoms. The molecule has 0 saturated heterocycles. The number of hydrogen-bond acceptors (Lipinski definition) is 2. The molecule has 0 amide bonds. The van der Waals surface area contributed by atoms with Crippen molar-refractivity contribution in [3.63, 3.8) is 0 Å². The van der Waals surface area contributed by atoms with Crippen molar-refractivity contribution >= 4 is 21.6 Å². The highest BCUT2D eigenvalue weighted by Crippen LogP contribution is 2.54. The Labute approximate surface area is 87.9 Å². The number of hydrogen-bond donors (Lipinski definition) is 0. The molecule has 0 aliphatic carbocycles. The van der Waals surface area contributed by atoms with Gasteiger partial charge in [-0.3, -0.25) is 0 Å². The van der Waals surface area contributed by atoms with Crippen molar-refractivity contribution in [2.24, 2.45) is 0 Å². The van der Waals surface area contributed by atoms with Crippen LogP contribution in [0.4, 0.5) is 0 Å². The van der Waals surface area contributed by atoms with E-state index in [2.05, 4.69) is 31.2 Å². The van der Waals surface area contributed by atoms with E-state index in [1.165, 1.54) is 24.2 Å². The molecule has 2 rings (SSSR count). The normalized spacial score (nSPS) is 20.2. The Kier molecular flexibility index (Phi) is 3.23. The first-order valence-corrected chi connectivity index (χ1v) is 7.05. The van der Waals surface area contributed by atoms with Gasteiger partial charge in [0.2, 0.25) is 0 Å². The van der Waals surface area contributed by atoms with E-state index in [4.69, 9.17) is 0 Å². The molecule has 1 heterocycles. The van der Waals surface area contributed by atoms with Gasteiger partial charge in [-0.05, 0) is 18.1 Å². The van der Waals surface area contributed by atoms with Gasteiger partial charge in [0, 0.05) is 10.1 Å². The standard InChI is InChI=1S/C11H14S2/c1-2-3-7-10-9-6-4-5-8-11(9)13-12-10/h4-6,8,10H,2-3,7H2,1H3. The van der Waals surface area contributed by atoms with Crippen molar-refractivity contribution in [3.05, 3.63) is 29.8 Å². The van der Waals surface area contributed by atoms with E-state index in [1.807, 2.05) is 21.6 Å². The van der Waals surface area contributed by atoms with Crippen molar-refractivity contribution in [1.82, 2.24) is 0 Å². The van der Waals surface area contributed by atoms with E-state index in [0.717, 1.165) is 5.25 Å². The number of rotatable bonds is 3. The molecule has 1 aliphatic rings. The maximum absolute atomic E-state index is 2.28. The van der Waals surface area contributed by atoms with Crippen LogP contribution in [0.5, 0.6) is 0 Å². The van der Waals surface area contributed by atoms with Crippen LogP contribution in [0.3, 0.4) is 0 Å². The minimum Gasteiger partial charge on any atom is -0.0806 e. The Morgan fingerprint density at radius 3 is 3.00 bits per heavy atom. The number of unbranched alkanes of at least 4 members (excludes halogenated alkanes) is 1. The van der Waals surface area contributed by atoms with Crippen molar-refractivity contribution < 1.29 is 0 Å². The predicted molar refractivity (Wildman–Crippen MR) is 62.2 cm³/mol. The summed E-state index contributed by atoms with van der Waals surface area (Å²) in [4.78, 5) is 1.48. The van der Waals surface area contributed by atoms with E-state index in [-0.39, 0.29) is 0 Å². The molecule has 0 N–H and O–H groups in total. The summed E-state index contributed by atoms with van der Waals surface area (Å²) in [7, 11) is 3.97. The summed E-state index contributed by atoms with van der Waals surface area (Å²) >= 11 is 0. The van der Waals surface area contributed by atoms with Crippen molar-refractivity contribution in [1.29, 1.82) is 0 Å². The summed E-state index contributed by atoms with van der Waals surface area (Å²) < 4.78 is 0. The lowest BCUT2D eigenvalue weighted by Gasteiger charge is -2.07. The Morgan fingerprint density at radius 2 is 2.15 bits per heavy atom. The molecule has 0 fully saturated rings. The van der Waals surface area contributed by atoms with Gasteiger partial charge in [-0.15, -0.1) is 0 Å². The molecule has 1 unspecified atom stereocenters. The molecule has 0 bridgehead atoms. The third-order valence-corrected chi connectivity index (χ3v) is 5.23. The minimum absolute atomic E-state index is 0.751. The second kappa shape index (κ2) is 4.43. The number of benzene rings is 1. The van der Waals surface area contributed by atoms with Gasteiger partial charge < -0.3 is 0 Å². The highest BCUT2D eigenvalue weighted by atomic mass is 33.1. The molecule has 0 spiro atoms. The molecule has 1 aromatic rings. The lowest BCUT2D eigenvalue weighted by atomic mass is 10.1. The first kappa shape index (κ1) is 9.47. The molecule has 0 aromatic heterocycles. The van der Waals surface area contributed by atoms with Crippen LogP contribution in [0.1, 0.15) is 37.0 Å². The van der Waals surface area contributed by atoms with Crippen LogP contribution in [0, 0.1) is 0 Å². The van der Waals surface area contributed by atoms with Crippen LogP contribution in [-0.4, -0.2) is 0 Å². The van der Waals surface area contributed by atoms with Crippen LogP contribution in [0.15, 0.2) is 29.2 Å². The van der Waals surface area contributed by atoms with Gasteiger partial charge >= 0.3 is 0 Å². The predicted octanol–water partition coefficient (Wildman–Crippen LogP) is 4.67. The average molecular weight is 210 g/mol. The van der Waals surface area contributed by atoms with Gasteiger partial charge in [-0.1, -0.05) is 59.6 Å². The first-order chi connectivity index (χ1) is 6.42. The first-order valence-electron chi connectivity index (χ1n) is 4.84. The van der Waals surface area contributed by atoms with Gasteiger partial charge in [-0.2, -0.15) is 0 Å². The van der Waals surface area contributed by atoms with Crippen LogP contribution >= 0.6 is 21.6 Å². The Balaban J connectivity index is 2.09. The second-order valence-electron chi connectivity index (χ2n) is 3.35. The van der Waals surface area contributed by atoms with Gasteiger partial charge in [0.25, 0.3) is 0 Å². The van der Waals surface area contributed by atoms with Crippen LogP contribution in [-0.2, 0) is 0 Å². The summed E-state index contributed by atoms with van der Waals surface area (Å²) in [6.45, 7) is 2.26. The second-order valence-corrected chi connectivity index (χ2v) is 5.79. The van der Waals surface area contributed by atoms with Gasteiger partial charge in [0.1, 0.15) is 0 Å². The average Bonchev–Trinajstić information content (AvgIpc) is 2.58. The summed E-state index contributed by atoms with van der Waals surface area (Å²) in [5, 5.41) is 0.751. The van der Waals surface area contributed by atoms with Crippen LogP contribution in [0.25, 0.3) is 0 Å². The number of fused-ring (bicyclic) bond motifs is 1. The minimum atomic E-state index is 0.751. The Hall–Kier alpha value is -0.0800. The molecule has 1 aromatic carbocycles. The van der Waals surface area contributed by atoms with E-state index in [9.17, 15) is 0 Å². The third-order valence-electron chi connectivity index (χ3n) is 2.34. The van der Waals surface area contributed by atoms with E-state index < -0.39 is 0 Å². The Bertz CT molecular complexity index is 283. The molecule has 13 heavy (non-hydrogen) atoms. The molecule has 1 aliphatic heterocycles. The summed E-state index contributed by atoms with van der Waals surface area (Å²) in [6, 6.07) is 8.81. The topological polar surface area (TPSA) is 0 Å². The molecule has 70 valence electrons. The van der Waals surface area contributed by atoms with E-state index in [0.29, 0.717) is 0 Å². The highest BCUT2D eigenvalue weighted by Gasteiger charge is 2.22. The zero-order chi connectivity index (χ0) is 9.10. The van der Waals surface area contributed by atoms with Crippen molar-refractivity contribution in [2.75, 3.05) is 0 Å². The third kappa shape index (κ3) is 2.05. The fraction of sp³-hybridized carbons (Fsp3) is 0.455. The van der Waals surface area contributed by atoms with Gasteiger partial charge in [-0.25, -0.2) is 0 Å². The lowest BCUT2D eigenvalue weighted by Crippen LogP contribution is -1.89. The summed E-state index contributed by atoms with van der Waals surface area (Å²) in [5.74, 6) is 0. The molecule has 0 nitrogen and oxygen atoms in total. The van der Waals surface area contributed by atoms with Gasteiger partial charge in [0.05, 0.1) is 0 Å². The fourth-order valence-corrected chi connectivity index (χ4v) is 4.60. The van der Waals surface area contributed by atoms with E-state index in [1.54, 1.807) is 5.56 Å². The quantitative estimate of drug-likeness (QED) is 0.665. The highest BCUT2D eigenvalue weighted by molar-refractivity contribution is 8.77. The smallest absolute Gasteiger partial charge is 0.0415 e. The SMILES string of the molecule is CCCCC1SSc2ccccc21. The molecule has 1 atom stereocenters. The molecular weight excluding hydrogens is 196 g/mol. The fourth-order valence-electron chi connectivity index (χ4n) is 1.58. The Morgan fingerprint density at radius 1 is 1.31 bits per heavy atom. The van der Waals surface area contributed by atoms with Crippen molar-refractivity contribution in [2.45, 2.75) is 36.3 Å². The van der Waals surface area contributed by atoms with Crippen LogP contribution in [0.2, 0.25) is 0 Å². The maximum atomic E-state index is 2.28. The van der Waals surface area contributed by atoms with E-state index >= 15 is 0 Å². The molecular formula is C11H14S2. The zero-order valence-electron chi connectivity index (χ0n) is 7.82. The van der Waals surface area contributed by atoms with Crippen molar-refractivity contribution in [3.8, 4) is 0 Å². The molecule has 0 saturated carbocycles. The van der Waals surface area contributed by atoms with Gasteiger partial charge in [0.15, 0.2) is 0 Å². The summed E-state index contributed by atoms with van der Waals surface area (Å²) in [6.07, 6.45) is 4.00. The monoisotopic (exact) mass is 210 g/mol. The van der Waals surface area contributed by atoms with Crippen LogP contribution < -0.4 is 0 Å². The maximum Gasteiger partial charge on any atom is 0.0415 e. The molecule has 0 radical (unpaired) electrons. The summed E-state index contributed by atoms with van der Waals surface area (Å²) in [5.41, 5.74) is 1.56.